The van der Waals surface area contributed by atoms with Gasteiger partial charge in [-0.25, -0.2) is 4.98 Å². The van der Waals surface area contributed by atoms with Crippen molar-refractivity contribution in [2.75, 3.05) is 12.3 Å². The molecule has 94 valence electrons. The number of hydrogen-bond acceptors (Lipinski definition) is 6. The van der Waals surface area contributed by atoms with E-state index >= 15 is 0 Å². The monoisotopic (exact) mass is 246 g/mol. The molecule has 0 saturated carbocycles. The van der Waals surface area contributed by atoms with E-state index in [1.54, 1.807) is 18.3 Å². The molecule has 0 aliphatic carbocycles. The number of pyridine rings is 1. The quantitative estimate of drug-likeness (QED) is 0.868. The maximum Gasteiger partial charge on any atom is 0.258 e. The van der Waals surface area contributed by atoms with Gasteiger partial charge < -0.3 is 15.0 Å². The number of anilines is 1. The highest BCUT2D eigenvalue weighted by Crippen LogP contribution is 2.34. The molecule has 2 N–H and O–H groups in total. The van der Waals surface area contributed by atoms with E-state index in [-0.39, 0.29) is 0 Å². The summed E-state index contributed by atoms with van der Waals surface area (Å²) in [5.74, 6) is 1.46. The van der Waals surface area contributed by atoms with Crippen LogP contribution in [0.2, 0.25) is 0 Å². The number of nitrogens with zero attached hydrogens (tertiary/aromatic N) is 3. The first kappa shape index (κ1) is 11.2. The predicted octanol–water partition coefficient (Wildman–Crippen LogP) is 1.74. The van der Waals surface area contributed by atoms with E-state index < -0.39 is 5.60 Å². The van der Waals surface area contributed by atoms with E-state index in [9.17, 15) is 0 Å². The molecule has 1 unspecified atom stereocenters. The molecule has 3 rings (SSSR count). The van der Waals surface area contributed by atoms with Crippen molar-refractivity contribution in [2.45, 2.75) is 25.4 Å². The van der Waals surface area contributed by atoms with Crippen LogP contribution < -0.4 is 5.73 Å². The number of ether oxygens (including phenoxy) is 1. The molecular weight excluding hydrogens is 232 g/mol. The molecule has 0 radical (unpaired) electrons. The predicted molar refractivity (Wildman–Crippen MR) is 64.5 cm³/mol. The second kappa shape index (κ2) is 4.06. The minimum Gasteiger partial charge on any atom is -0.384 e. The van der Waals surface area contributed by atoms with E-state index in [2.05, 4.69) is 15.1 Å². The van der Waals surface area contributed by atoms with Crippen LogP contribution in [0.15, 0.2) is 22.9 Å². The molecule has 1 fully saturated rings. The van der Waals surface area contributed by atoms with E-state index in [4.69, 9.17) is 15.0 Å². The summed E-state index contributed by atoms with van der Waals surface area (Å²) in [4.78, 5) is 8.32. The number of hydrogen-bond donors (Lipinski definition) is 1. The fraction of sp³-hybridized carbons (Fsp3) is 0.417. The van der Waals surface area contributed by atoms with Gasteiger partial charge in [0, 0.05) is 18.4 Å². The number of nitrogen functional groups attached to an aromatic ring is 1. The average molecular weight is 246 g/mol. The Labute approximate surface area is 104 Å². The highest BCUT2D eigenvalue weighted by molar-refractivity contribution is 5.56. The minimum atomic E-state index is -0.430. The molecule has 0 spiro atoms. The smallest absolute Gasteiger partial charge is 0.258 e. The Balaban J connectivity index is 1.94. The highest BCUT2D eigenvalue weighted by Gasteiger charge is 2.36. The minimum absolute atomic E-state index is 0.426. The van der Waals surface area contributed by atoms with Crippen molar-refractivity contribution in [2.24, 2.45) is 0 Å². The second-order valence-corrected chi connectivity index (χ2v) is 4.58. The largest absolute Gasteiger partial charge is 0.384 e. The molecule has 1 aliphatic rings. The number of nitrogens with two attached hydrogens (primary N) is 1. The fourth-order valence-electron chi connectivity index (χ4n) is 2.09. The van der Waals surface area contributed by atoms with Crippen molar-refractivity contribution in [3.63, 3.8) is 0 Å². The Bertz CT molecular complexity index is 561. The highest BCUT2D eigenvalue weighted by atomic mass is 16.5. The van der Waals surface area contributed by atoms with Crippen LogP contribution >= 0.6 is 0 Å². The normalized spacial score (nSPS) is 23.4. The molecule has 18 heavy (non-hydrogen) atoms. The van der Waals surface area contributed by atoms with Gasteiger partial charge in [0.1, 0.15) is 11.4 Å². The summed E-state index contributed by atoms with van der Waals surface area (Å²) in [5.41, 5.74) is 5.96. The summed E-state index contributed by atoms with van der Waals surface area (Å²) in [5, 5.41) is 4.00. The Morgan fingerprint density at radius 1 is 1.44 bits per heavy atom. The SMILES string of the molecule is CC1(c2noc(-c3ccnc(N)c3)n2)CCCO1. The average Bonchev–Trinajstić information content (AvgIpc) is 2.98. The summed E-state index contributed by atoms with van der Waals surface area (Å²) >= 11 is 0. The zero-order chi connectivity index (χ0) is 12.6. The van der Waals surface area contributed by atoms with Crippen molar-refractivity contribution >= 4 is 5.82 Å². The molecular formula is C12H14N4O2. The third-order valence-electron chi connectivity index (χ3n) is 3.15. The molecule has 3 heterocycles. The molecule has 6 nitrogen and oxygen atoms in total. The van der Waals surface area contributed by atoms with Gasteiger partial charge in [-0.1, -0.05) is 5.16 Å². The van der Waals surface area contributed by atoms with Gasteiger partial charge in [-0.05, 0) is 31.9 Å². The Kier molecular flexibility index (Phi) is 2.52. The Morgan fingerprint density at radius 3 is 3.06 bits per heavy atom. The van der Waals surface area contributed by atoms with Gasteiger partial charge in [-0.15, -0.1) is 0 Å². The summed E-state index contributed by atoms with van der Waals surface area (Å²) in [6.07, 6.45) is 3.54. The van der Waals surface area contributed by atoms with Crippen molar-refractivity contribution in [3.8, 4) is 11.5 Å². The molecule has 0 aromatic carbocycles. The summed E-state index contributed by atoms with van der Waals surface area (Å²) in [6.45, 7) is 2.72. The van der Waals surface area contributed by atoms with Crippen molar-refractivity contribution in [1.29, 1.82) is 0 Å². The van der Waals surface area contributed by atoms with E-state index in [0.717, 1.165) is 25.0 Å². The maximum atomic E-state index is 5.68. The van der Waals surface area contributed by atoms with Crippen LogP contribution in [0.5, 0.6) is 0 Å². The molecule has 1 saturated heterocycles. The van der Waals surface area contributed by atoms with Crippen LogP contribution in [-0.4, -0.2) is 21.7 Å². The summed E-state index contributed by atoms with van der Waals surface area (Å²) in [7, 11) is 0. The maximum absolute atomic E-state index is 5.68. The third kappa shape index (κ3) is 1.84. The standard InChI is InChI=1S/C12H14N4O2/c1-12(4-2-6-17-12)11-15-10(18-16-11)8-3-5-14-9(13)7-8/h3,5,7H,2,4,6H2,1H3,(H2,13,14). The lowest BCUT2D eigenvalue weighted by Gasteiger charge is -2.17. The van der Waals surface area contributed by atoms with Gasteiger partial charge in [0.05, 0.1) is 0 Å². The molecule has 0 bridgehead atoms. The summed E-state index contributed by atoms with van der Waals surface area (Å²) in [6, 6.07) is 3.49. The van der Waals surface area contributed by atoms with Crippen molar-refractivity contribution in [3.05, 3.63) is 24.2 Å². The molecule has 2 aromatic heterocycles. The van der Waals surface area contributed by atoms with Gasteiger partial charge in [-0.3, -0.25) is 0 Å². The lowest BCUT2D eigenvalue weighted by atomic mass is 10.0. The van der Waals surface area contributed by atoms with Crippen LogP contribution in [0.25, 0.3) is 11.5 Å². The van der Waals surface area contributed by atoms with Gasteiger partial charge in [0.25, 0.3) is 5.89 Å². The first-order valence-corrected chi connectivity index (χ1v) is 5.87. The Hall–Kier alpha value is -1.95. The van der Waals surface area contributed by atoms with Crippen LogP contribution in [0.3, 0.4) is 0 Å². The second-order valence-electron chi connectivity index (χ2n) is 4.58. The van der Waals surface area contributed by atoms with Crippen molar-refractivity contribution in [1.82, 2.24) is 15.1 Å². The van der Waals surface area contributed by atoms with Gasteiger partial charge in [-0.2, -0.15) is 4.98 Å². The fourth-order valence-corrected chi connectivity index (χ4v) is 2.09. The zero-order valence-corrected chi connectivity index (χ0v) is 10.1. The van der Waals surface area contributed by atoms with E-state index in [1.165, 1.54) is 0 Å². The molecule has 2 aromatic rings. The zero-order valence-electron chi connectivity index (χ0n) is 10.1. The van der Waals surface area contributed by atoms with Crippen LogP contribution in [0.1, 0.15) is 25.6 Å². The van der Waals surface area contributed by atoms with Crippen LogP contribution in [0, 0.1) is 0 Å². The topological polar surface area (TPSA) is 87.1 Å². The third-order valence-corrected chi connectivity index (χ3v) is 3.15. The first-order chi connectivity index (χ1) is 8.67. The Morgan fingerprint density at radius 2 is 2.33 bits per heavy atom. The number of rotatable bonds is 2. The van der Waals surface area contributed by atoms with Crippen LogP contribution in [-0.2, 0) is 10.3 Å². The molecule has 0 amide bonds. The molecule has 6 heteroatoms. The van der Waals surface area contributed by atoms with E-state index in [1.807, 2.05) is 6.92 Å². The summed E-state index contributed by atoms with van der Waals surface area (Å²) < 4.78 is 10.9. The molecule has 1 aliphatic heterocycles. The van der Waals surface area contributed by atoms with E-state index in [0.29, 0.717) is 17.5 Å². The molecule has 1 atom stereocenters. The van der Waals surface area contributed by atoms with Crippen molar-refractivity contribution < 1.29 is 9.26 Å². The van der Waals surface area contributed by atoms with Gasteiger partial charge in [0.15, 0.2) is 0 Å². The van der Waals surface area contributed by atoms with Gasteiger partial charge >= 0.3 is 0 Å². The number of aromatic nitrogens is 3. The van der Waals surface area contributed by atoms with Crippen LogP contribution in [0.4, 0.5) is 5.82 Å². The van der Waals surface area contributed by atoms with Gasteiger partial charge in [0.2, 0.25) is 5.82 Å². The lowest BCUT2D eigenvalue weighted by Crippen LogP contribution is -2.21. The lowest BCUT2D eigenvalue weighted by molar-refractivity contribution is 0.00768. The first-order valence-electron chi connectivity index (χ1n) is 5.87.